The lowest BCUT2D eigenvalue weighted by Crippen LogP contribution is -2.45. The molecule has 3 rings (SSSR count). The number of carbonyl (C=O) groups excluding carboxylic acids is 1. The van der Waals surface area contributed by atoms with Crippen molar-refractivity contribution in [2.75, 3.05) is 32.4 Å². The maximum atomic E-state index is 12.8. The SMILES string of the molecule is Cc1cc2c(o1)CC(C)(C)CC2NC(=O)N1CCCN(S(C)(=O)=O)CC1. The van der Waals surface area contributed by atoms with E-state index in [1.54, 1.807) is 4.90 Å². The lowest BCUT2D eigenvalue weighted by molar-refractivity contribution is 0.183. The van der Waals surface area contributed by atoms with Crippen LogP contribution in [0.4, 0.5) is 4.79 Å². The molecule has 1 unspecified atom stereocenters. The quantitative estimate of drug-likeness (QED) is 0.849. The molecule has 2 amide bonds. The molecule has 0 spiro atoms. The number of nitrogens with one attached hydrogen (secondary N) is 1. The Morgan fingerprint density at radius 1 is 1.27 bits per heavy atom. The van der Waals surface area contributed by atoms with Gasteiger partial charge in [-0.1, -0.05) is 13.8 Å². The molecule has 8 heteroatoms. The number of hydrogen-bond donors (Lipinski definition) is 1. The highest BCUT2D eigenvalue weighted by molar-refractivity contribution is 7.88. The van der Waals surface area contributed by atoms with Gasteiger partial charge in [-0.25, -0.2) is 17.5 Å². The molecule has 1 N–H and O–H groups in total. The number of fused-ring (bicyclic) bond motifs is 1. The van der Waals surface area contributed by atoms with Gasteiger partial charge in [0.15, 0.2) is 0 Å². The molecule has 0 aromatic carbocycles. The van der Waals surface area contributed by atoms with Crippen molar-refractivity contribution < 1.29 is 17.6 Å². The summed E-state index contributed by atoms with van der Waals surface area (Å²) in [6.07, 6.45) is 3.59. The van der Waals surface area contributed by atoms with E-state index in [1.165, 1.54) is 10.6 Å². The van der Waals surface area contributed by atoms with Gasteiger partial charge in [0.05, 0.1) is 12.3 Å². The second-order valence-corrected chi connectivity index (χ2v) is 10.3. The fraction of sp³-hybridized carbons (Fsp3) is 0.722. The molecule has 1 aromatic rings. The predicted molar refractivity (Wildman–Crippen MR) is 99.4 cm³/mol. The van der Waals surface area contributed by atoms with Crippen LogP contribution in [0.25, 0.3) is 0 Å². The molecule has 0 bridgehead atoms. The molecule has 0 saturated carbocycles. The Balaban J connectivity index is 1.70. The first kappa shape index (κ1) is 19.2. The molecule has 1 atom stereocenters. The van der Waals surface area contributed by atoms with Crippen LogP contribution in [0.2, 0.25) is 0 Å². The number of amides is 2. The largest absolute Gasteiger partial charge is 0.466 e. The monoisotopic (exact) mass is 383 g/mol. The highest BCUT2D eigenvalue weighted by atomic mass is 32.2. The van der Waals surface area contributed by atoms with E-state index in [-0.39, 0.29) is 17.5 Å². The van der Waals surface area contributed by atoms with E-state index < -0.39 is 10.0 Å². The molecular formula is C18H29N3O4S. The van der Waals surface area contributed by atoms with Gasteiger partial charge in [0.1, 0.15) is 11.5 Å². The van der Waals surface area contributed by atoms with Crippen molar-refractivity contribution in [3.63, 3.8) is 0 Å². The summed E-state index contributed by atoms with van der Waals surface area (Å²) >= 11 is 0. The first-order chi connectivity index (χ1) is 12.0. The van der Waals surface area contributed by atoms with Crippen LogP contribution < -0.4 is 5.32 Å². The van der Waals surface area contributed by atoms with Crippen molar-refractivity contribution in [3.8, 4) is 0 Å². The van der Waals surface area contributed by atoms with Crippen LogP contribution in [0.5, 0.6) is 0 Å². The fourth-order valence-electron chi connectivity index (χ4n) is 3.98. The van der Waals surface area contributed by atoms with Gasteiger partial charge in [-0.3, -0.25) is 0 Å². The maximum absolute atomic E-state index is 12.8. The van der Waals surface area contributed by atoms with Gasteiger partial charge in [-0.05, 0) is 31.2 Å². The number of hydrogen-bond acceptors (Lipinski definition) is 4. The van der Waals surface area contributed by atoms with Crippen LogP contribution in [-0.2, 0) is 16.4 Å². The first-order valence-corrected chi connectivity index (χ1v) is 11.0. The van der Waals surface area contributed by atoms with Crippen molar-refractivity contribution in [1.29, 1.82) is 0 Å². The van der Waals surface area contributed by atoms with Gasteiger partial charge in [-0.15, -0.1) is 0 Å². The van der Waals surface area contributed by atoms with Crippen LogP contribution in [-0.4, -0.2) is 56.1 Å². The van der Waals surface area contributed by atoms with Gasteiger partial charge < -0.3 is 14.6 Å². The van der Waals surface area contributed by atoms with E-state index in [0.717, 1.165) is 29.9 Å². The van der Waals surface area contributed by atoms with Crippen LogP contribution in [0, 0.1) is 12.3 Å². The van der Waals surface area contributed by atoms with E-state index >= 15 is 0 Å². The zero-order chi connectivity index (χ0) is 19.1. The van der Waals surface area contributed by atoms with Crippen LogP contribution in [0.15, 0.2) is 10.5 Å². The molecule has 26 heavy (non-hydrogen) atoms. The summed E-state index contributed by atoms with van der Waals surface area (Å²) < 4.78 is 30.8. The van der Waals surface area contributed by atoms with Gasteiger partial charge >= 0.3 is 6.03 Å². The number of aryl methyl sites for hydroxylation is 1. The van der Waals surface area contributed by atoms with Gasteiger partial charge in [-0.2, -0.15) is 0 Å². The molecule has 2 aliphatic rings. The topological polar surface area (TPSA) is 82.9 Å². The summed E-state index contributed by atoms with van der Waals surface area (Å²) in [5.74, 6) is 1.83. The summed E-state index contributed by atoms with van der Waals surface area (Å²) in [5, 5.41) is 3.15. The predicted octanol–water partition coefficient (Wildman–Crippen LogP) is 2.28. The average Bonchev–Trinajstić information content (AvgIpc) is 2.71. The van der Waals surface area contributed by atoms with Crippen molar-refractivity contribution in [2.24, 2.45) is 5.41 Å². The molecule has 2 heterocycles. The smallest absolute Gasteiger partial charge is 0.317 e. The minimum absolute atomic E-state index is 0.0567. The Morgan fingerprint density at radius 3 is 2.69 bits per heavy atom. The maximum Gasteiger partial charge on any atom is 0.317 e. The summed E-state index contributed by atoms with van der Waals surface area (Å²) in [5.41, 5.74) is 1.13. The molecule has 1 aliphatic heterocycles. The molecule has 1 aromatic heterocycles. The Hall–Kier alpha value is -1.54. The number of sulfonamides is 1. The number of nitrogens with zero attached hydrogens (tertiary/aromatic N) is 2. The molecule has 1 fully saturated rings. The minimum Gasteiger partial charge on any atom is -0.466 e. The summed E-state index contributed by atoms with van der Waals surface area (Å²) in [6.45, 7) is 8.07. The number of urea groups is 1. The normalized spacial score (nSPS) is 24.0. The summed E-state index contributed by atoms with van der Waals surface area (Å²) in [4.78, 5) is 14.5. The molecule has 0 radical (unpaired) electrons. The van der Waals surface area contributed by atoms with Crippen LogP contribution in [0.3, 0.4) is 0 Å². The Morgan fingerprint density at radius 2 is 2.00 bits per heavy atom. The van der Waals surface area contributed by atoms with Gasteiger partial charge in [0.25, 0.3) is 0 Å². The Labute approximate surface area is 155 Å². The molecule has 1 aliphatic carbocycles. The standard InChI is InChI=1S/C18H29N3O4S/c1-13-10-14-15(11-18(2,3)12-16(14)25-13)19-17(22)20-6-5-7-21(9-8-20)26(4,23)24/h10,15H,5-9,11-12H2,1-4H3,(H,19,22). The first-order valence-electron chi connectivity index (χ1n) is 9.15. The van der Waals surface area contributed by atoms with Gasteiger partial charge in [0.2, 0.25) is 10.0 Å². The third-order valence-electron chi connectivity index (χ3n) is 5.24. The van der Waals surface area contributed by atoms with E-state index in [1.807, 2.05) is 13.0 Å². The van der Waals surface area contributed by atoms with E-state index in [0.29, 0.717) is 32.6 Å². The molecule has 7 nitrogen and oxygen atoms in total. The van der Waals surface area contributed by atoms with Crippen molar-refractivity contribution >= 4 is 16.1 Å². The lowest BCUT2D eigenvalue weighted by atomic mass is 9.75. The third kappa shape index (κ3) is 4.23. The number of carbonyl (C=O) groups is 1. The fourth-order valence-corrected chi connectivity index (χ4v) is 4.86. The zero-order valence-corrected chi connectivity index (χ0v) is 16.9. The second kappa shape index (κ2) is 6.88. The Kier molecular flexibility index (Phi) is 5.09. The zero-order valence-electron chi connectivity index (χ0n) is 16.0. The number of furan rings is 1. The average molecular weight is 384 g/mol. The Bertz CT molecular complexity index is 784. The summed E-state index contributed by atoms with van der Waals surface area (Å²) in [7, 11) is -3.22. The molecular weight excluding hydrogens is 354 g/mol. The van der Waals surface area contributed by atoms with E-state index in [4.69, 9.17) is 4.42 Å². The van der Waals surface area contributed by atoms with Crippen LogP contribution >= 0.6 is 0 Å². The van der Waals surface area contributed by atoms with Crippen molar-refractivity contribution in [3.05, 3.63) is 23.2 Å². The summed E-state index contributed by atoms with van der Waals surface area (Å²) in [6, 6.07) is 1.81. The van der Waals surface area contributed by atoms with Crippen LogP contribution in [0.1, 0.15) is 49.8 Å². The van der Waals surface area contributed by atoms with Crippen molar-refractivity contribution in [1.82, 2.24) is 14.5 Å². The third-order valence-corrected chi connectivity index (χ3v) is 6.55. The number of rotatable bonds is 2. The minimum atomic E-state index is -3.22. The van der Waals surface area contributed by atoms with Crippen molar-refractivity contribution in [2.45, 2.75) is 46.1 Å². The second-order valence-electron chi connectivity index (χ2n) is 8.29. The van der Waals surface area contributed by atoms with E-state index in [9.17, 15) is 13.2 Å². The van der Waals surface area contributed by atoms with Gasteiger partial charge in [0, 0.05) is 38.2 Å². The highest BCUT2D eigenvalue weighted by Crippen LogP contribution is 2.42. The molecule has 1 saturated heterocycles. The molecule has 146 valence electrons. The van der Waals surface area contributed by atoms with E-state index in [2.05, 4.69) is 19.2 Å². The lowest BCUT2D eigenvalue weighted by Gasteiger charge is -2.35. The highest BCUT2D eigenvalue weighted by Gasteiger charge is 2.36.